The maximum atomic E-state index is 12.4. The van der Waals surface area contributed by atoms with Crippen LogP contribution in [0.1, 0.15) is 22.8 Å². The lowest BCUT2D eigenvalue weighted by molar-refractivity contribution is 0.0943. The molecule has 0 radical (unpaired) electrons. The van der Waals surface area contributed by atoms with Gasteiger partial charge in [0.05, 0.1) is 21.3 Å². The van der Waals surface area contributed by atoms with Crippen molar-refractivity contribution in [3.8, 4) is 17.2 Å². The summed E-state index contributed by atoms with van der Waals surface area (Å²) >= 11 is 5.21. The highest BCUT2D eigenvalue weighted by atomic mass is 32.1. The number of nitrogens with one attached hydrogen (secondary N) is 3. The van der Waals surface area contributed by atoms with Gasteiger partial charge < -0.3 is 19.5 Å². The summed E-state index contributed by atoms with van der Waals surface area (Å²) in [5.74, 6) is 0.788. The highest BCUT2D eigenvalue weighted by Crippen LogP contribution is 2.38. The van der Waals surface area contributed by atoms with Crippen molar-refractivity contribution in [1.82, 2.24) is 10.9 Å². The van der Waals surface area contributed by atoms with E-state index in [0.29, 0.717) is 22.8 Å². The van der Waals surface area contributed by atoms with Crippen molar-refractivity contribution in [3.63, 3.8) is 0 Å². The van der Waals surface area contributed by atoms with Gasteiger partial charge in [0.25, 0.3) is 5.91 Å². The number of hydrogen-bond donors (Lipinski definition) is 3. The molecule has 0 atom stereocenters. The topological polar surface area (TPSA) is 80.9 Å². The number of hydrogen-bond acceptors (Lipinski definition) is 5. The third-order valence-electron chi connectivity index (χ3n) is 3.81. The molecule has 0 unspecified atom stereocenters. The maximum absolute atomic E-state index is 12.4. The maximum Gasteiger partial charge on any atom is 0.269 e. The Labute approximate surface area is 164 Å². The molecular weight excluding hydrogens is 366 g/mol. The van der Waals surface area contributed by atoms with Gasteiger partial charge in [-0.2, -0.15) is 0 Å². The third kappa shape index (κ3) is 5.24. The van der Waals surface area contributed by atoms with Crippen molar-refractivity contribution in [3.05, 3.63) is 47.5 Å². The molecule has 0 aliphatic heterocycles. The highest BCUT2D eigenvalue weighted by Gasteiger charge is 2.17. The Hall–Kier alpha value is -3.00. The van der Waals surface area contributed by atoms with E-state index >= 15 is 0 Å². The Morgan fingerprint density at radius 1 is 1.00 bits per heavy atom. The molecule has 8 heteroatoms. The van der Waals surface area contributed by atoms with Gasteiger partial charge in [0.1, 0.15) is 0 Å². The molecule has 2 aromatic carbocycles. The van der Waals surface area contributed by atoms with Gasteiger partial charge in [0, 0.05) is 11.3 Å². The first-order chi connectivity index (χ1) is 13.0. The van der Waals surface area contributed by atoms with Crippen LogP contribution >= 0.6 is 12.2 Å². The number of carbonyl (C=O) groups excluding carboxylic acids is 1. The minimum absolute atomic E-state index is 0.268. The van der Waals surface area contributed by atoms with Gasteiger partial charge in [-0.25, -0.2) is 0 Å². The number of carbonyl (C=O) groups is 1. The number of methoxy groups -OCH3 is 3. The van der Waals surface area contributed by atoms with Gasteiger partial charge in [0.15, 0.2) is 16.6 Å². The number of anilines is 1. The van der Waals surface area contributed by atoms with Crippen LogP contribution in [0.3, 0.4) is 0 Å². The number of ether oxygens (including phenoxy) is 3. The largest absolute Gasteiger partial charge is 0.493 e. The van der Waals surface area contributed by atoms with E-state index in [1.54, 1.807) is 12.1 Å². The summed E-state index contributed by atoms with van der Waals surface area (Å²) in [5, 5.41) is 3.29. The molecule has 0 bridgehead atoms. The third-order valence-corrected chi connectivity index (χ3v) is 4.01. The molecule has 0 saturated carbocycles. The standard InChI is InChI=1S/C19H23N3O4S/c1-5-12-7-6-8-14(9-12)20-19(27)22-21-18(23)13-10-15(24-2)17(26-4)16(11-13)25-3/h6-11H,5H2,1-4H3,(H,21,23)(H2,20,22,27). The lowest BCUT2D eigenvalue weighted by atomic mass is 10.1. The van der Waals surface area contributed by atoms with Crippen LogP contribution in [-0.4, -0.2) is 32.3 Å². The number of amides is 1. The summed E-state index contributed by atoms with van der Waals surface area (Å²) in [7, 11) is 4.47. The van der Waals surface area contributed by atoms with E-state index in [2.05, 4.69) is 23.1 Å². The number of thiocarbonyl (C=S) groups is 1. The molecule has 0 spiro atoms. The first-order valence-corrected chi connectivity index (χ1v) is 8.69. The number of hydrazine groups is 1. The van der Waals surface area contributed by atoms with Crippen LogP contribution in [0.5, 0.6) is 17.2 Å². The average molecular weight is 389 g/mol. The predicted molar refractivity (Wildman–Crippen MR) is 109 cm³/mol. The van der Waals surface area contributed by atoms with Crippen molar-refractivity contribution in [1.29, 1.82) is 0 Å². The summed E-state index contributed by atoms with van der Waals surface area (Å²) in [4.78, 5) is 12.4. The molecular formula is C19H23N3O4S. The van der Waals surface area contributed by atoms with Gasteiger partial charge >= 0.3 is 0 Å². The molecule has 2 rings (SSSR count). The van der Waals surface area contributed by atoms with Gasteiger partial charge in [0.2, 0.25) is 5.75 Å². The lowest BCUT2D eigenvalue weighted by Gasteiger charge is -2.15. The summed E-state index contributed by atoms with van der Waals surface area (Å²) in [6.07, 6.45) is 0.924. The number of rotatable bonds is 6. The molecule has 0 aliphatic rings. The Morgan fingerprint density at radius 2 is 1.67 bits per heavy atom. The summed E-state index contributed by atoms with van der Waals surface area (Å²) in [6, 6.07) is 11.0. The molecule has 3 N–H and O–H groups in total. The molecule has 144 valence electrons. The summed E-state index contributed by atoms with van der Waals surface area (Å²) in [6.45, 7) is 2.08. The lowest BCUT2D eigenvalue weighted by Crippen LogP contribution is -2.43. The molecule has 7 nitrogen and oxygen atoms in total. The van der Waals surface area contributed by atoms with E-state index in [4.69, 9.17) is 26.4 Å². The van der Waals surface area contributed by atoms with Crippen molar-refractivity contribution in [2.75, 3.05) is 26.6 Å². The van der Waals surface area contributed by atoms with E-state index in [-0.39, 0.29) is 5.11 Å². The van der Waals surface area contributed by atoms with E-state index in [9.17, 15) is 4.79 Å². The zero-order chi connectivity index (χ0) is 19.8. The summed E-state index contributed by atoms with van der Waals surface area (Å²) < 4.78 is 15.8. The zero-order valence-electron chi connectivity index (χ0n) is 15.7. The Kier molecular flexibility index (Phi) is 7.25. The average Bonchev–Trinajstić information content (AvgIpc) is 2.70. The second-order valence-electron chi connectivity index (χ2n) is 5.50. The molecule has 1 amide bonds. The Morgan fingerprint density at radius 3 is 2.22 bits per heavy atom. The van der Waals surface area contributed by atoms with Gasteiger partial charge in [-0.15, -0.1) is 0 Å². The van der Waals surface area contributed by atoms with Crippen LogP contribution in [0, 0.1) is 0 Å². The smallest absolute Gasteiger partial charge is 0.269 e. The minimum Gasteiger partial charge on any atom is -0.493 e. The highest BCUT2D eigenvalue weighted by molar-refractivity contribution is 7.80. The molecule has 0 saturated heterocycles. The van der Waals surface area contributed by atoms with Crippen LogP contribution < -0.4 is 30.4 Å². The van der Waals surface area contributed by atoms with Crippen molar-refractivity contribution in [2.45, 2.75) is 13.3 Å². The van der Waals surface area contributed by atoms with E-state index in [1.165, 1.54) is 26.9 Å². The van der Waals surface area contributed by atoms with Crippen LogP contribution in [0.4, 0.5) is 5.69 Å². The van der Waals surface area contributed by atoms with Crippen LogP contribution in [-0.2, 0) is 6.42 Å². The number of benzene rings is 2. The first-order valence-electron chi connectivity index (χ1n) is 8.28. The second kappa shape index (κ2) is 9.63. The Balaban J connectivity index is 2.03. The van der Waals surface area contributed by atoms with E-state index < -0.39 is 5.91 Å². The Bertz CT molecular complexity index is 801. The monoisotopic (exact) mass is 389 g/mol. The second-order valence-corrected chi connectivity index (χ2v) is 5.91. The molecule has 2 aromatic rings. The molecule has 0 fully saturated rings. The van der Waals surface area contributed by atoms with Crippen LogP contribution in [0.2, 0.25) is 0 Å². The molecule has 0 aromatic heterocycles. The first kappa shape index (κ1) is 20.3. The fraction of sp³-hybridized carbons (Fsp3) is 0.263. The quantitative estimate of drug-likeness (QED) is 0.518. The SMILES string of the molecule is CCc1cccc(NC(=S)NNC(=O)c2cc(OC)c(OC)c(OC)c2)c1. The van der Waals surface area contributed by atoms with Crippen molar-refractivity contribution < 1.29 is 19.0 Å². The van der Waals surface area contributed by atoms with E-state index in [1.807, 2.05) is 24.3 Å². The summed E-state index contributed by atoms with van der Waals surface area (Å²) in [5.41, 5.74) is 7.57. The van der Waals surface area contributed by atoms with Crippen molar-refractivity contribution >= 4 is 28.9 Å². The number of aryl methyl sites for hydroxylation is 1. The normalized spacial score (nSPS) is 9.93. The van der Waals surface area contributed by atoms with Gasteiger partial charge in [-0.1, -0.05) is 19.1 Å². The minimum atomic E-state index is -0.402. The van der Waals surface area contributed by atoms with Crippen LogP contribution in [0.25, 0.3) is 0 Å². The fourth-order valence-electron chi connectivity index (χ4n) is 2.43. The fourth-order valence-corrected chi connectivity index (χ4v) is 2.60. The molecule has 0 heterocycles. The molecule has 27 heavy (non-hydrogen) atoms. The van der Waals surface area contributed by atoms with Crippen molar-refractivity contribution in [2.24, 2.45) is 0 Å². The zero-order valence-corrected chi connectivity index (χ0v) is 16.5. The van der Waals surface area contributed by atoms with E-state index in [0.717, 1.165) is 12.1 Å². The molecule has 0 aliphatic carbocycles. The van der Waals surface area contributed by atoms with Crippen LogP contribution in [0.15, 0.2) is 36.4 Å². The van der Waals surface area contributed by atoms with Gasteiger partial charge in [-0.3, -0.25) is 15.6 Å². The van der Waals surface area contributed by atoms with Gasteiger partial charge in [-0.05, 0) is 48.5 Å². The predicted octanol–water partition coefficient (Wildman–Crippen LogP) is 2.91.